The Morgan fingerprint density at radius 3 is 2.97 bits per heavy atom. The van der Waals surface area contributed by atoms with Crippen LogP contribution in [0.1, 0.15) is 40.4 Å². The highest BCUT2D eigenvalue weighted by Crippen LogP contribution is 2.33. The predicted molar refractivity (Wildman–Crippen MR) is 97.9 cm³/mol. The number of nitriles is 1. The molecule has 9 nitrogen and oxygen atoms in total. The van der Waals surface area contributed by atoms with Crippen molar-refractivity contribution in [3.8, 4) is 23.2 Å². The number of nitrogens with two attached hydrogens (primary N) is 1. The summed E-state index contributed by atoms with van der Waals surface area (Å²) in [6.45, 7) is 1.66. The molecule has 1 aliphatic heterocycles. The number of fused-ring (bicyclic) bond motifs is 5. The molecule has 2 aromatic heterocycles. The van der Waals surface area contributed by atoms with Gasteiger partial charge in [-0.25, -0.2) is 14.4 Å². The maximum Gasteiger partial charge on any atom is 0.258 e. The molecule has 2 N–H and O–H groups in total. The quantitative estimate of drug-likeness (QED) is 0.615. The Labute approximate surface area is 164 Å². The summed E-state index contributed by atoms with van der Waals surface area (Å²) < 4.78 is 25.0. The van der Waals surface area contributed by atoms with Crippen molar-refractivity contribution in [1.82, 2.24) is 20.0 Å². The molecule has 10 heteroatoms. The average molecular weight is 394 g/mol. The summed E-state index contributed by atoms with van der Waals surface area (Å²) in [5.74, 6) is -0.636. The molecular formula is C19H15FN6O3. The smallest absolute Gasteiger partial charge is 0.258 e. The number of halogens is 1. The van der Waals surface area contributed by atoms with Gasteiger partial charge in [0.1, 0.15) is 18.0 Å². The first kappa shape index (κ1) is 18.4. The minimum Gasteiger partial charge on any atom is -0.467 e. The summed E-state index contributed by atoms with van der Waals surface area (Å²) in [6, 6.07) is 5.76. The van der Waals surface area contributed by atoms with Crippen LogP contribution in [-0.4, -0.2) is 33.0 Å². The first-order valence-electron chi connectivity index (χ1n) is 8.62. The molecule has 29 heavy (non-hydrogen) atoms. The highest BCUT2D eigenvalue weighted by molar-refractivity contribution is 5.95. The second kappa shape index (κ2) is 6.87. The minimum atomic E-state index is -0.748. The molecule has 0 spiro atoms. The number of benzene rings is 1. The van der Waals surface area contributed by atoms with Crippen molar-refractivity contribution in [3.63, 3.8) is 0 Å². The number of hydrogen-bond acceptors (Lipinski definition) is 8. The van der Waals surface area contributed by atoms with Crippen LogP contribution in [-0.2, 0) is 6.54 Å². The number of hydrogen-bond donors (Lipinski definition) is 1. The van der Waals surface area contributed by atoms with E-state index in [0.717, 1.165) is 0 Å². The lowest BCUT2D eigenvalue weighted by molar-refractivity contribution is 0.0767. The number of carbonyl (C=O) groups excluding carboxylic acids is 1. The van der Waals surface area contributed by atoms with Crippen LogP contribution in [0.15, 0.2) is 28.9 Å². The summed E-state index contributed by atoms with van der Waals surface area (Å²) >= 11 is 0. The van der Waals surface area contributed by atoms with Crippen LogP contribution >= 0.6 is 0 Å². The SMILES string of the molecule is C[C@H]1Oc2nc(cnc2N)-c2c(C#N)noc2CN(C)C(=O)c2ccc(F)cc21. The van der Waals surface area contributed by atoms with E-state index in [-0.39, 0.29) is 46.9 Å². The van der Waals surface area contributed by atoms with E-state index < -0.39 is 11.9 Å². The molecule has 0 saturated heterocycles. The summed E-state index contributed by atoms with van der Waals surface area (Å²) in [6.07, 6.45) is 0.618. The van der Waals surface area contributed by atoms with Gasteiger partial charge in [0.2, 0.25) is 0 Å². The van der Waals surface area contributed by atoms with Crippen molar-refractivity contribution < 1.29 is 18.4 Å². The van der Waals surface area contributed by atoms with E-state index in [1.165, 1.54) is 29.3 Å². The van der Waals surface area contributed by atoms with E-state index >= 15 is 0 Å². The molecule has 0 fully saturated rings. The molecule has 3 aromatic rings. The normalized spacial score (nSPS) is 16.0. The Hall–Kier alpha value is -4.00. The van der Waals surface area contributed by atoms with Gasteiger partial charge < -0.3 is 19.9 Å². The van der Waals surface area contributed by atoms with Crippen LogP contribution in [0.3, 0.4) is 0 Å². The fourth-order valence-corrected chi connectivity index (χ4v) is 3.15. The molecule has 1 aromatic carbocycles. The monoisotopic (exact) mass is 394 g/mol. The number of ether oxygens (including phenoxy) is 1. The van der Waals surface area contributed by atoms with E-state index in [2.05, 4.69) is 15.1 Å². The first-order valence-corrected chi connectivity index (χ1v) is 8.62. The Balaban J connectivity index is 1.96. The Morgan fingerprint density at radius 2 is 2.21 bits per heavy atom. The predicted octanol–water partition coefficient (Wildman–Crippen LogP) is 2.45. The molecule has 1 atom stereocenters. The van der Waals surface area contributed by atoms with Crippen LogP contribution in [0, 0.1) is 17.1 Å². The fourth-order valence-electron chi connectivity index (χ4n) is 3.15. The number of aromatic nitrogens is 3. The van der Waals surface area contributed by atoms with E-state index in [1.807, 2.05) is 6.07 Å². The van der Waals surface area contributed by atoms with Crippen molar-refractivity contribution in [2.75, 3.05) is 12.8 Å². The van der Waals surface area contributed by atoms with E-state index in [9.17, 15) is 14.4 Å². The number of carbonyl (C=O) groups is 1. The second-order valence-corrected chi connectivity index (χ2v) is 6.54. The molecule has 0 unspecified atom stereocenters. The molecule has 1 amide bonds. The summed E-state index contributed by atoms with van der Waals surface area (Å²) in [5, 5.41) is 13.1. The van der Waals surface area contributed by atoms with Crippen molar-refractivity contribution in [2.24, 2.45) is 0 Å². The van der Waals surface area contributed by atoms with Gasteiger partial charge in [-0.15, -0.1) is 0 Å². The van der Waals surface area contributed by atoms with Crippen LogP contribution in [0.25, 0.3) is 11.3 Å². The zero-order chi connectivity index (χ0) is 20.7. The number of nitrogens with zero attached hydrogens (tertiary/aromatic N) is 5. The maximum absolute atomic E-state index is 13.9. The zero-order valence-corrected chi connectivity index (χ0v) is 15.5. The summed E-state index contributed by atoms with van der Waals surface area (Å²) in [7, 11) is 1.56. The Morgan fingerprint density at radius 1 is 1.41 bits per heavy atom. The lowest BCUT2D eigenvalue weighted by atomic mass is 10.0. The number of rotatable bonds is 0. The molecule has 4 rings (SSSR count). The highest BCUT2D eigenvalue weighted by Gasteiger charge is 2.27. The number of nitrogen functional groups attached to an aromatic ring is 1. The minimum absolute atomic E-state index is 0.00144. The third kappa shape index (κ3) is 3.12. The number of anilines is 1. The van der Waals surface area contributed by atoms with E-state index in [0.29, 0.717) is 11.1 Å². The average Bonchev–Trinajstić information content (AvgIpc) is 3.10. The van der Waals surface area contributed by atoms with Crippen LogP contribution in [0.2, 0.25) is 0 Å². The number of amides is 1. The third-order valence-corrected chi connectivity index (χ3v) is 4.59. The standard InChI is InChI=1S/C19H15FN6O3/c1-9-12-5-10(20)3-4-11(12)19(27)26(2)8-15-16(13(6-21)25-29-15)14-7-23-17(22)18(24-14)28-9/h3-5,7,9H,8H2,1-2H3,(H2,22,23)/t9-/m1/s1. The van der Waals surface area contributed by atoms with Gasteiger partial charge in [0.05, 0.1) is 24.0 Å². The highest BCUT2D eigenvalue weighted by atomic mass is 19.1. The zero-order valence-electron chi connectivity index (χ0n) is 15.5. The van der Waals surface area contributed by atoms with Crippen LogP contribution < -0.4 is 10.5 Å². The summed E-state index contributed by atoms with van der Waals surface area (Å²) in [4.78, 5) is 22.9. The Kier molecular flexibility index (Phi) is 4.35. The van der Waals surface area contributed by atoms with Gasteiger partial charge in [0.15, 0.2) is 17.3 Å². The van der Waals surface area contributed by atoms with Gasteiger partial charge >= 0.3 is 0 Å². The van der Waals surface area contributed by atoms with Gasteiger partial charge in [0.25, 0.3) is 11.8 Å². The molecule has 0 aliphatic carbocycles. The lowest BCUT2D eigenvalue weighted by Gasteiger charge is -2.22. The van der Waals surface area contributed by atoms with Gasteiger partial charge in [0, 0.05) is 18.2 Å². The van der Waals surface area contributed by atoms with Crippen molar-refractivity contribution >= 4 is 11.7 Å². The van der Waals surface area contributed by atoms with Gasteiger partial charge in [-0.05, 0) is 25.1 Å². The van der Waals surface area contributed by atoms with Crippen LogP contribution in [0.4, 0.5) is 10.2 Å². The lowest BCUT2D eigenvalue weighted by Crippen LogP contribution is -2.28. The first-order chi connectivity index (χ1) is 13.9. The van der Waals surface area contributed by atoms with Crippen molar-refractivity contribution in [2.45, 2.75) is 19.6 Å². The Bertz CT molecular complexity index is 1170. The third-order valence-electron chi connectivity index (χ3n) is 4.59. The summed E-state index contributed by atoms with van der Waals surface area (Å²) in [5.41, 5.74) is 7.04. The fraction of sp³-hybridized carbons (Fsp3) is 0.211. The van der Waals surface area contributed by atoms with Gasteiger partial charge in [-0.2, -0.15) is 5.26 Å². The maximum atomic E-state index is 13.9. The van der Waals surface area contributed by atoms with Crippen LogP contribution in [0.5, 0.6) is 5.88 Å². The van der Waals surface area contributed by atoms with Gasteiger partial charge in [-0.3, -0.25) is 4.79 Å². The van der Waals surface area contributed by atoms with Crippen molar-refractivity contribution in [3.05, 3.63) is 52.8 Å². The largest absolute Gasteiger partial charge is 0.467 e. The molecule has 3 heterocycles. The van der Waals surface area contributed by atoms with Gasteiger partial charge in [-0.1, -0.05) is 5.16 Å². The van der Waals surface area contributed by atoms with E-state index in [4.69, 9.17) is 15.0 Å². The molecule has 0 radical (unpaired) electrons. The topological polar surface area (TPSA) is 131 Å². The second-order valence-electron chi connectivity index (χ2n) is 6.54. The van der Waals surface area contributed by atoms with E-state index in [1.54, 1.807) is 14.0 Å². The molecule has 1 aliphatic rings. The molecule has 2 bridgehead atoms. The molecule has 0 saturated carbocycles. The molecule has 146 valence electrons. The molecular weight excluding hydrogens is 379 g/mol. The van der Waals surface area contributed by atoms with Crippen molar-refractivity contribution in [1.29, 1.82) is 5.26 Å².